The van der Waals surface area contributed by atoms with E-state index in [0.717, 1.165) is 13.0 Å². The fraction of sp³-hybridized carbons (Fsp3) is 0.812. The van der Waals surface area contributed by atoms with E-state index >= 15 is 0 Å². The molecule has 0 aromatic carbocycles. The molecule has 0 aliphatic carbocycles. The van der Waals surface area contributed by atoms with Gasteiger partial charge < -0.3 is 9.80 Å². The van der Waals surface area contributed by atoms with Gasteiger partial charge in [0.25, 0.3) is 0 Å². The van der Waals surface area contributed by atoms with E-state index in [-0.39, 0.29) is 0 Å². The number of hydrogen-bond acceptors (Lipinski definition) is 3. The number of unbranched alkanes of at least 4 members (excludes halogenated alkanes) is 3. The van der Waals surface area contributed by atoms with E-state index < -0.39 is 0 Å². The minimum atomic E-state index is 0.880. The third-order valence-electron chi connectivity index (χ3n) is 3.85. The fourth-order valence-corrected chi connectivity index (χ4v) is 2.52. The summed E-state index contributed by atoms with van der Waals surface area (Å²) in [5, 5.41) is 0. The lowest BCUT2D eigenvalue weighted by Crippen LogP contribution is -2.44. The summed E-state index contributed by atoms with van der Waals surface area (Å²) in [5.74, 6) is 0. The van der Waals surface area contributed by atoms with Gasteiger partial charge in [0, 0.05) is 38.4 Å². The van der Waals surface area contributed by atoms with Crippen LogP contribution in [0.1, 0.15) is 39.0 Å². The summed E-state index contributed by atoms with van der Waals surface area (Å²) in [6.07, 6.45) is 8.29. The van der Waals surface area contributed by atoms with Crippen LogP contribution < -0.4 is 0 Å². The van der Waals surface area contributed by atoms with Gasteiger partial charge >= 0.3 is 0 Å². The molecule has 110 valence electrons. The van der Waals surface area contributed by atoms with Crippen LogP contribution in [0.25, 0.3) is 0 Å². The molecule has 0 aromatic rings. The highest BCUT2D eigenvalue weighted by molar-refractivity contribution is 5.94. The van der Waals surface area contributed by atoms with Crippen LogP contribution in [0.15, 0.2) is 17.6 Å². The largest absolute Gasteiger partial charge is 0.304 e. The van der Waals surface area contributed by atoms with E-state index in [1.54, 1.807) is 0 Å². The Morgan fingerprint density at radius 1 is 1.11 bits per heavy atom. The number of piperazine rings is 1. The highest BCUT2D eigenvalue weighted by atomic mass is 15.2. The van der Waals surface area contributed by atoms with Crippen LogP contribution in [0.4, 0.5) is 0 Å². The third-order valence-corrected chi connectivity index (χ3v) is 3.85. The normalized spacial score (nSPS) is 18.7. The monoisotopic (exact) mass is 265 g/mol. The summed E-state index contributed by atoms with van der Waals surface area (Å²) >= 11 is 0. The van der Waals surface area contributed by atoms with Crippen molar-refractivity contribution in [2.75, 3.05) is 46.3 Å². The molecule has 1 aliphatic heterocycles. The molecule has 0 amide bonds. The number of aliphatic imine (C=N–C) groups is 1. The third kappa shape index (κ3) is 7.48. The van der Waals surface area contributed by atoms with Crippen LogP contribution in [0.3, 0.4) is 0 Å². The van der Waals surface area contributed by atoms with Crippen LogP contribution >= 0.6 is 0 Å². The van der Waals surface area contributed by atoms with Crippen LogP contribution in [0.5, 0.6) is 0 Å². The number of allylic oxidation sites excluding steroid dienone is 1. The van der Waals surface area contributed by atoms with Crippen molar-refractivity contribution < 1.29 is 0 Å². The van der Waals surface area contributed by atoms with E-state index in [1.807, 2.05) is 6.08 Å². The fourth-order valence-electron chi connectivity index (χ4n) is 2.52. The molecule has 0 spiro atoms. The Bertz CT molecular complexity index is 265. The first kappa shape index (κ1) is 16.4. The predicted molar refractivity (Wildman–Crippen MR) is 85.2 cm³/mol. The topological polar surface area (TPSA) is 18.8 Å². The minimum absolute atomic E-state index is 0.880. The molecule has 1 saturated heterocycles. The second-order valence-electron chi connectivity index (χ2n) is 5.48. The molecule has 1 fully saturated rings. The molecule has 0 bridgehead atoms. The maximum Gasteiger partial charge on any atom is 0.0364 e. The first-order chi connectivity index (χ1) is 9.26. The van der Waals surface area contributed by atoms with E-state index in [2.05, 4.69) is 35.3 Å². The highest BCUT2D eigenvalue weighted by Crippen LogP contribution is 2.07. The standard InChI is InChI=1S/C16H31N3/c1-4-16(17-5-2)10-8-6-7-9-11-19-14-12-18(3)13-15-19/h4H,1,5-15H2,2-3H3/b17-16+. The molecule has 0 aromatic heterocycles. The number of likely N-dealkylation sites (N-methyl/N-ethyl adjacent to an activating group) is 1. The second-order valence-corrected chi connectivity index (χ2v) is 5.48. The summed E-state index contributed by atoms with van der Waals surface area (Å²) < 4.78 is 0. The zero-order valence-electron chi connectivity index (χ0n) is 12.9. The summed E-state index contributed by atoms with van der Waals surface area (Å²) in [6.45, 7) is 13.0. The van der Waals surface area contributed by atoms with Gasteiger partial charge in [-0.25, -0.2) is 0 Å². The lowest BCUT2D eigenvalue weighted by molar-refractivity contribution is 0.152. The Labute approximate surface area is 119 Å². The summed E-state index contributed by atoms with van der Waals surface area (Å²) in [4.78, 5) is 9.45. The van der Waals surface area contributed by atoms with Crippen LogP contribution in [0.2, 0.25) is 0 Å². The quantitative estimate of drug-likeness (QED) is 0.471. The number of rotatable bonds is 9. The molecule has 0 saturated carbocycles. The zero-order chi connectivity index (χ0) is 13.9. The van der Waals surface area contributed by atoms with Crippen molar-refractivity contribution in [1.29, 1.82) is 0 Å². The molecule has 1 rings (SSSR count). The van der Waals surface area contributed by atoms with Gasteiger partial charge in [-0.2, -0.15) is 0 Å². The lowest BCUT2D eigenvalue weighted by Gasteiger charge is -2.32. The molecule has 0 atom stereocenters. The Morgan fingerprint density at radius 2 is 1.79 bits per heavy atom. The number of hydrogen-bond donors (Lipinski definition) is 0. The molecule has 0 N–H and O–H groups in total. The van der Waals surface area contributed by atoms with Crippen molar-refractivity contribution in [3.8, 4) is 0 Å². The smallest absolute Gasteiger partial charge is 0.0364 e. The van der Waals surface area contributed by atoms with Gasteiger partial charge in [0.2, 0.25) is 0 Å². The van der Waals surface area contributed by atoms with Crippen molar-refractivity contribution in [3.63, 3.8) is 0 Å². The predicted octanol–water partition coefficient (Wildman–Crippen LogP) is 2.83. The average molecular weight is 265 g/mol. The molecular formula is C16H31N3. The van der Waals surface area contributed by atoms with E-state index in [9.17, 15) is 0 Å². The van der Waals surface area contributed by atoms with Crippen molar-refractivity contribution >= 4 is 5.71 Å². The maximum atomic E-state index is 4.43. The van der Waals surface area contributed by atoms with Gasteiger partial charge in [0.05, 0.1) is 0 Å². The average Bonchev–Trinajstić information content (AvgIpc) is 2.43. The molecule has 1 heterocycles. The van der Waals surface area contributed by atoms with Crippen molar-refractivity contribution in [2.45, 2.75) is 39.0 Å². The van der Waals surface area contributed by atoms with Gasteiger partial charge in [0.1, 0.15) is 0 Å². The molecule has 0 unspecified atom stereocenters. The van der Waals surface area contributed by atoms with Crippen molar-refractivity contribution in [1.82, 2.24) is 9.80 Å². The van der Waals surface area contributed by atoms with Gasteiger partial charge in [-0.1, -0.05) is 19.4 Å². The number of nitrogens with zero attached hydrogens (tertiary/aromatic N) is 3. The van der Waals surface area contributed by atoms with E-state index in [1.165, 1.54) is 64.1 Å². The molecule has 1 aliphatic rings. The lowest BCUT2D eigenvalue weighted by atomic mass is 10.1. The molecule has 3 heteroatoms. The minimum Gasteiger partial charge on any atom is -0.304 e. The summed E-state index contributed by atoms with van der Waals surface area (Å²) in [6, 6.07) is 0. The summed E-state index contributed by atoms with van der Waals surface area (Å²) in [7, 11) is 2.21. The molecule has 3 nitrogen and oxygen atoms in total. The molecule has 0 radical (unpaired) electrons. The van der Waals surface area contributed by atoms with Gasteiger partial charge in [-0.3, -0.25) is 4.99 Å². The van der Waals surface area contributed by atoms with Crippen LogP contribution in [-0.2, 0) is 0 Å². The van der Waals surface area contributed by atoms with Gasteiger partial charge in [0.15, 0.2) is 0 Å². The zero-order valence-corrected chi connectivity index (χ0v) is 12.9. The SMILES string of the molecule is C=C/C(CCCCCCN1CCN(C)CC1)=N\CC. The van der Waals surface area contributed by atoms with Gasteiger partial charge in [-0.15, -0.1) is 0 Å². The maximum absolute atomic E-state index is 4.43. The van der Waals surface area contributed by atoms with Crippen molar-refractivity contribution in [3.05, 3.63) is 12.7 Å². The first-order valence-corrected chi connectivity index (χ1v) is 7.83. The van der Waals surface area contributed by atoms with E-state index in [4.69, 9.17) is 0 Å². The van der Waals surface area contributed by atoms with Crippen LogP contribution in [-0.4, -0.2) is 61.8 Å². The Balaban J connectivity index is 1.96. The Hall–Kier alpha value is -0.670. The van der Waals surface area contributed by atoms with Gasteiger partial charge in [-0.05, 0) is 45.9 Å². The van der Waals surface area contributed by atoms with E-state index in [0.29, 0.717) is 0 Å². The Kier molecular flexibility index (Phi) is 8.76. The molecular weight excluding hydrogens is 234 g/mol. The molecule has 19 heavy (non-hydrogen) atoms. The highest BCUT2D eigenvalue weighted by Gasteiger charge is 2.12. The first-order valence-electron chi connectivity index (χ1n) is 7.83. The summed E-state index contributed by atoms with van der Waals surface area (Å²) in [5.41, 5.74) is 1.18. The Morgan fingerprint density at radius 3 is 2.42 bits per heavy atom. The second kappa shape index (κ2) is 10.2. The van der Waals surface area contributed by atoms with Crippen molar-refractivity contribution in [2.24, 2.45) is 4.99 Å². The van der Waals surface area contributed by atoms with Crippen LogP contribution in [0, 0.1) is 0 Å².